The van der Waals surface area contributed by atoms with Gasteiger partial charge in [0, 0.05) is 10.2 Å². The van der Waals surface area contributed by atoms with Crippen LogP contribution in [-0.4, -0.2) is 26.0 Å². The van der Waals surface area contributed by atoms with E-state index in [4.69, 9.17) is 11.6 Å². The molecule has 6 nitrogen and oxygen atoms in total. The highest BCUT2D eigenvalue weighted by Gasteiger charge is 2.42. The molecule has 1 aliphatic rings. The number of amides is 2. The van der Waals surface area contributed by atoms with Gasteiger partial charge < -0.3 is 5.32 Å². The van der Waals surface area contributed by atoms with Gasteiger partial charge in [0.2, 0.25) is 15.9 Å². The maximum Gasteiger partial charge on any atom is 0.257 e. The van der Waals surface area contributed by atoms with Gasteiger partial charge in [-0.25, -0.2) is 12.7 Å². The molecule has 0 spiro atoms. The van der Waals surface area contributed by atoms with Crippen molar-refractivity contribution in [2.45, 2.75) is 13.8 Å². The third-order valence-corrected chi connectivity index (χ3v) is 7.26. The first kappa shape index (κ1) is 19.9. The molecule has 9 heteroatoms. The molecule has 2 amide bonds. The molecule has 0 saturated carbocycles. The Balaban J connectivity index is 1.87. The Morgan fingerprint density at radius 1 is 1.26 bits per heavy atom. The third kappa shape index (κ3) is 3.88. The van der Waals surface area contributed by atoms with E-state index in [1.54, 1.807) is 19.1 Å². The number of sulfonamides is 1. The Kier molecular flexibility index (Phi) is 5.33. The summed E-state index contributed by atoms with van der Waals surface area (Å²) < 4.78 is 26.0. The lowest BCUT2D eigenvalue weighted by Crippen LogP contribution is -2.30. The summed E-state index contributed by atoms with van der Waals surface area (Å²) in [7, 11) is -3.73. The molecule has 1 heterocycles. The summed E-state index contributed by atoms with van der Waals surface area (Å²) in [6.07, 6.45) is 0. The van der Waals surface area contributed by atoms with E-state index in [9.17, 15) is 18.0 Å². The zero-order valence-electron chi connectivity index (χ0n) is 14.5. The number of nitrogens with one attached hydrogen (secondary N) is 1. The van der Waals surface area contributed by atoms with E-state index in [1.807, 2.05) is 13.0 Å². The van der Waals surface area contributed by atoms with Crippen molar-refractivity contribution in [1.82, 2.24) is 0 Å². The second-order valence-corrected chi connectivity index (χ2v) is 9.49. The minimum absolute atomic E-state index is 0.0544. The van der Waals surface area contributed by atoms with Crippen molar-refractivity contribution in [3.63, 3.8) is 0 Å². The van der Waals surface area contributed by atoms with Crippen LogP contribution in [0.25, 0.3) is 0 Å². The molecule has 0 bridgehead atoms. The molecule has 2 aromatic carbocycles. The second-order valence-electron chi connectivity index (χ2n) is 6.36. The van der Waals surface area contributed by atoms with Crippen molar-refractivity contribution in [3.8, 4) is 0 Å². The van der Waals surface area contributed by atoms with E-state index in [1.165, 1.54) is 18.2 Å². The zero-order valence-corrected chi connectivity index (χ0v) is 17.7. The SMILES string of the molecule is Cc1ccc(NC(=O)c2ccc(N3C(=O)C(C)CS3(=O)=O)cc2Cl)cc1Br. The zero-order chi connectivity index (χ0) is 19.9. The van der Waals surface area contributed by atoms with Crippen LogP contribution in [-0.2, 0) is 14.8 Å². The van der Waals surface area contributed by atoms with Gasteiger partial charge in [0.15, 0.2) is 0 Å². The Hall–Kier alpha value is -1.90. The summed E-state index contributed by atoms with van der Waals surface area (Å²) in [6.45, 7) is 3.49. The Morgan fingerprint density at radius 3 is 2.52 bits per heavy atom. The molecule has 3 rings (SSSR count). The van der Waals surface area contributed by atoms with Crippen LogP contribution >= 0.6 is 27.5 Å². The van der Waals surface area contributed by atoms with Crippen LogP contribution in [0.3, 0.4) is 0 Å². The first-order valence-corrected chi connectivity index (χ1v) is 10.8. The van der Waals surface area contributed by atoms with Gasteiger partial charge in [-0.1, -0.05) is 40.5 Å². The quantitative estimate of drug-likeness (QED) is 0.734. The van der Waals surface area contributed by atoms with E-state index < -0.39 is 27.8 Å². The van der Waals surface area contributed by atoms with E-state index in [-0.39, 0.29) is 22.0 Å². The predicted molar refractivity (Wildman–Crippen MR) is 109 cm³/mol. The van der Waals surface area contributed by atoms with Gasteiger partial charge in [0.05, 0.1) is 27.9 Å². The summed E-state index contributed by atoms with van der Waals surface area (Å²) in [5, 5.41) is 2.79. The fourth-order valence-electron chi connectivity index (χ4n) is 2.77. The molecule has 1 saturated heterocycles. The first-order chi connectivity index (χ1) is 12.6. The maximum atomic E-state index is 12.5. The second kappa shape index (κ2) is 7.26. The lowest BCUT2D eigenvalue weighted by molar-refractivity contribution is -0.119. The van der Waals surface area contributed by atoms with Gasteiger partial charge in [0.1, 0.15) is 0 Å². The lowest BCUT2D eigenvalue weighted by atomic mass is 10.1. The third-order valence-electron chi connectivity index (χ3n) is 4.22. The summed E-state index contributed by atoms with van der Waals surface area (Å²) in [5.41, 5.74) is 1.92. The molecule has 0 aromatic heterocycles. The fourth-order valence-corrected chi connectivity index (χ4v) is 5.22. The smallest absolute Gasteiger partial charge is 0.257 e. The monoisotopic (exact) mass is 470 g/mol. The molecular formula is C18H16BrClN2O4S. The Bertz CT molecular complexity index is 1060. The van der Waals surface area contributed by atoms with Crippen molar-refractivity contribution in [2.24, 2.45) is 5.92 Å². The summed E-state index contributed by atoms with van der Waals surface area (Å²) in [4.78, 5) is 24.7. The molecule has 1 N–H and O–H groups in total. The van der Waals surface area contributed by atoms with Crippen molar-refractivity contribution in [2.75, 3.05) is 15.4 Å². The van der Waals surface area contributed by atoms with Crippen LogP contribution in [0, 0.1) is 12.8 Å². The highest BCUT2D eigenvalue weighted by Crippen LogP contribution is 2.32. The van der Waals surface area contributed by atoms with E-state index in [0.717, 1.165) is 14.3 Å². The highest BCUT2D eigenvalue weighted by atomic mass is 79.9. The van der Waals surface area contributed by atoms with Crippen molar-refractivity contribution in [3.05, 3.63) is 57.0 Å². The Labute approximate surface area is 170 Å². The van der Waals surface area contributed by atoms with Crippen molar-refractivity contribution < 1.29 is 18.0 Å². The number of carbonyl (C=O) groups is 2. The van der Waals surface area contributed by atoms with Gasteiger partial charge in [-0.2, -0.15) is 0 Å². The van der Waals surface area contributed by atoms with Crippen molar-refractivity contribution in [1.29, 1.82) is 0 Å². The largest absolute Gasteiger partial charge is 0.322 e. The first-order valence-electron chi connectivity index (χ1n) is 8.04. The van der Waals surface area contributed by atoms with Crippen LogP contribution in [0.15, 0.2) is 40.9 Å². The molecule has 142 valence electrons. The highest BCUT2D eigenvalue weighted by molar-refractivity contribution is 9.10. The van der Waals surface area contributed by atoms with Gasteiger partial charge in [-0.15, -0.1) is 0 Å². The number of benzene rings is 2. The number of anilines is 2. The summed E-state index contributed by atoms with van der Waals surface area (Å²) in [6, 6.07) is 9.51. The lowest BCUT2D eigenvalue weighted by Gasteiger charge is -2.16. The van der Waals surface area contributed by atoms with Gasteiger partial charge in [-0.3, -0.25) is 9.59 Å². The van der Waals surface area contributed by atoms with E-state index in [0.29, 0.717) is 5.69 Å². The number of hydrogen-bond acceptors (Lipinski definition) is 4. The van der Waals surface area contributed by atoms with E-state index >= 15 is 0 Å². The van der Waals surface area contributed by atoms with Gasteiger partial charge in [-0.05, 0) is 42.8 Å². The van der Waals surface area contributed by atoms with Crippen LogP contribution in [0.5, 0.6) is 0 Å². The fraction of sp³-hybridized carbons (Fsp3) is 0.222. The van der Waals surface area contributed by atoms with Crippen LogP contribution in [0.4, 0.5) is 11.4 Å². The molecule has 1 fully saturated rings. The minimum atomic E-state index is -3.73. The molecule has 0 aliphatic carbocycles. The van der Waals surface area contributed by atoms with Gasteiger partial charge in [0.25, 0.3) is 5.91 Å². The number of halogens is 2. The molecule has 1 unspecified atom stereocenters. The molecule has 1 atom stereocenters. The Morgan fingerprint density at radius 2 is 1.96 bits per heavy atom. The molecular weight excluding hydrogens is 456 g/mol. The summed E-state index contributed by atoms with van der Waals surface area (Å²) in [5.74, 6) is -1.80. The molecule has 27 heavy (non-hydrogen) atoms. The topological polar surface area (TPSA) is 83.6 Å². The van der Waals surface area contributed by atoms with Crippen LogP contribution in [0.1, 0.15) is 22.8 Å². The number of aryl methyl sites for hydroxylation is 1. The maximum absolute atomic E-state index is 12.5. The van der Waals surface area contributed by atoms with E-state index in [2.05, 4.69) is 21.2 Å². The normalized spacial score (nSPS) is 18.6. The predicted octanol–water partition coefficient (Wildman–Crippen LogP) is 3.98. The average Bonchev–Trinajstić information content (AvgIpc) is 2.78. The number of hydrogen-bond donors (Lipinski definition) is 1. The number of carbonyl (C=O) groups excluding carboxylic acids is 2. The average molecular weight is 472 g/mol. The number of rotatable bonds is 3. The number of nitrogens with zero attached hydrogens (tertiary/aromatic N) is 1. The standard InChI is InChI=1S/C18H16BrClN2O4S/c1-10-3-4-12(7-15(10)19)21-17(23)14-6-5-13(8-16(14)20)22-18(24)11(2)9-27(22,25)26/h3-8,11H,9H2,1-2H3,(H,21,23). The summed E-state index contributed by atoms with van der Waals surface area (Å²) >= 11 is 9.60. The van der Waals surface area contributed by atoms with Crippen molar-refractivity contribution >= 4 is 60.7 Å². The van der Waals surface area contributed by atoms with Crippen LogP contribution in [0.2, 0.25) is 5.02 Å². The van der Waals surface area contributed by atoms with Crippen LogP contribution < -0.4 is 9.62 Å². The molecule has 1 aliphatic heterocycles. The molecule has 0 radical (unpaired) electrons. The molecule has 2 aromatic rings. The van der Waals surface area contributed by atoms with Gasteiger partial charge >= 0.3 is 0 Å². The minimum Gasteiger partial charge on any atom is -0.322 e.